The van der Waals surface area contributed by atoms with E-state index >= 15 is 0 Å². The first-order valence-corrected chi connectivity index (χ1v) is 6.64. The van der Waals surface area contributed by atoms with Crippen molar-refractivity contribution in [3.8, 4) is 0 Å². The number of hydrazone groups is 1. The molecule has 0 N–H and O–H groups in total. The molecule has 0 saturated heterocycles. The lowest BCUT2D eigenvalue weighted by molar-refractivity contribution is -0.141. The van der Waals surface area contributed by atoms with Crippen molar-refractivity contribution in [2.24, 2.45) is 5.10 Å². The Labute approximate surface area is 128 Å². The number of hydrogen-bond donors (Lipinski definition) is 0. The number of Topliss-reactive ketones (excluding diaryl/α,β-unsaturated/α-hetero) is 1. The summed E-state index contributed by atoms with van der Waals surface area (Å²) in [5.74, 6) is -2.70. The van der Waals surface area contributed by atoms with Crippen molar-refractivity contribution in [3.05, 3.63) is 35.6 Å². The normalized spacial score (nSPS) is 13.2. The van der Waals surface area contributed by atoms with E-state index in [0.29, 0.717) is 0 Å². The van der Waals surface area contributed by atoms with Crippen molar-refractivity contribution in [1.82, 2.24) is 5.01 Å². The lowest BCUT2D eigenvalue weighted by atomic mass is 10.2. The summed E-state index contributed by atoms with van der Waals surface area (Å²) in [6, 6.07) is 0. The molecule has 122 valence electrons. The fraction of sp³-hybridized carbons (Fsp3) is 0.400. The summed E-state index contributed by atoms with van der Waals surface area (Å²) in [6.07, 6.45) is 4.48. The van der Waals surface area contributed by atoms with Crippen LogP contribution in [-0.4, -0.2) is 43.1 Å². The lowest BCUT2D eigenvalue weighted by Gasteiger charge is -2.10. The summed E-state index contributed by atoms with van der Waals surface area (Å²) in [7, 11) is 1.41. The van der Waals surface area contributed by atoms with Crippen molar-refractivity contribution in [1.29, 1.82) is 0 Å². The first kappa shape index (κ1) is 19.7. The number of carbonyl (C=O) groups excluding carboxylic acids is 2. The molecule has 0 amide bonds. The number of nitrogens with zero attached hydrogens (tertiary/aromatic N) is 2. The molecule has 0 aromatic rings. The molecule has 0 rings (SSSR count). The molecule has 0 spiro atoms. The van der Waals surface area contributed by atoms with E-state index in [4.69, 9.17) is 0 Å². The number of allylic oxidation sites excluding steroid dienone is 4. The summed E-state index contributed by atoms with van der Waals surface area (Å²) in [5, 5.41) is 5.04. The van der Waals surface area contributed by atoms with Crippen LogP contribution in [0, 0.1) is 0 Å². The summed E-state index contributed by atoms with van der Waals surface area (Å²) in [6.45, 7) is 5.13. The highest BCUT2D eigenvalue weighted by atomic mass is 19.3. The van der Waals surface area contributed by atoms with Gasteiger partial charge in [0, 0.05) is 13.2 Å². The highest BCUT2D eigenvalue weighted by Crippen LogP contribution is 2.09. The Morgan fingerprint density at radius 2 is 1.95 bits per heavy atom. The maximum Gasteiger partial charge on any atom is 0.343 e. The Kier molecular flexibility index (Phi) is 9.33. The zero-order valence-electron chi connectivity index (χ0n) is 13.0. The molecule has 0 atom stereocenters. The van der Waals surface area contributed by atoms with Gasteiger partial charge >= 0.3 is 12.4 Å². The lowest BCUT2D eigenvalue weighted by Crippen LogP contribution is -2.23. The van der Waals surface area contributed by atoms with Gasteiger partial charge < -0.3 is 4.74 Å². The van der Waals surface area contributed by atoms with Crippen LogP contribution in [0.15, 0.2) is 40.7 Å². The largest absolute Gasteiger partial charge is 0.462 e. The number of carbonyl (C=O) groups is 2. The van der Waals surface area contributed by atoms with Gasteiger partial charge in [0.15, 0.2) is 0 Å². The topological polar surface area (TPSA) is 59.0 Å². The number of hydrogen-bond acceptors (Lipinski definition) is 5. The van der Waals surface area contributed by atoms with Gasteiger partial charge in [-0.2, -0.15) is 5.10 Å². The SMILES string of the molecule is C\C=C/C(/C=N\N(C)/C=C(\C(=O)OCC)C(=O)C(F)F)=C\C. The van der Waals surface area contributed by atoms with Crippen LogP contribution in [0.5, 0.6) is 0 Å². The van der Waals surface area contributed by atoms with E-state index in [1.54, 1.807) is 12.2 Å². The molecule has 0 aromatic carbocycles. The summed E-state index contributed by atoms with van der Waals surface area (Å²) >= 11 is 0. The van der Waals surface area contributed by atoms with Gasteiger partial charge in [-0.3, -0.25) is 9.80 Å². The first-order chi connectivity index (χ1) is 10.4. The maximum absolute atomic E-state index is 12.5. The van der Waals surface area contributed by atoms with Crippen molar-refractivity contribution in [3.63, 3.8) is 0 Å². The molecule has 0 aliphatic carbocycles. The molecular weight excluding hydrogens is 294 g/mol. The van der Waals surface area contributed by atoms with E-state index in [-0.39, 0.29) is 6.61 Å². The molecule has 22 heavy (non-hydrogen) atoms. The van der Waals surface area contributed by atoms with Crippen LogP contribution < -0.4 is 0 Å². The third-order valence-electron chi connectivity index (χ3n) is 2.36. The highest BCUT2D eigenvalue weighted by molar-refractivity contribution is 6.18. The van der Waals surface area contributed by atoms with Crippen LogP contribution in [-0.2, 0) is 14.3 Å². The van der Waals surface area contributed by atoms with Gasteiger partial charge in [-0.15, -0.1) is 0 Å². The molecule has 7 heteroatoms. The molecule has 0 saturated carbocycles. The fourth-order valence-corrected chi connectivity index (χ4v) is 1.33. The maximum atomic E-state index is 12.5. The van der Waals surface area contributed by atoms with Crippen LogP contribution in [0.3, 0.4) is 0 Å². The van der Waals surface area contributed by atoms with Crippen molar-refractivity contribution >= 4 is 18.0 Å². The smallest absolute Gasteiger partial charge is 0.343 e. The van der Waals surface area contributed by atoms with E-state index in [1.165, 1.54) is 20.2 Å². The average molecular weight is 314 g/mol. The summed E-state index contributed by atoms with van der Waals surface area (Å²) < 4.78 is 29.6. The Bertz CT molecular complexity index is 509. The second-order valence-corrected chi connectivity index (χ2v) is 4.04. The van der Waals surface area contributed by atoms with Gasteiger partial charge in [0.25, 0.3) is 0 Å². The number of alkyl halides is 2. The molecule has 0 aromatic heterocycles. The number of ketones is 1. The quantitative estimate of drug-likeness (QED) is 0.131. The van der Waals surface area contributed by atoms with E-state index in [9.17, 15) is 18.4 Å². The van der Waals surface area contributed by atoms with Crippen molar-refractivity contribution in [2.75, 3.05) is 13.7 Å². The van der Waals surface area contributed by atoms with Gasteiger partial charge in [0.1, 0.15) is 5.57 Å². The number of halogens is 2. The van der Waals surface area contributed by atoms with E-state index in [2.05, 4.69) is 9.84 Å². The van der Waals surface area contributed by atoms with E-state index in [1.807, 2.05) is 19.9 Å². The molecule has 0 radical (unpaired) electrons. The minimum absolute atomic E-state index is 0.0241. The molecule has 5 nitrogen and oxygen atoms in total. The molecule has 0 heterocycles. The zero-order chi connectivity index (χ0) is 17.1. The van der Waals surface area contributed by atoms with Crippen molar-refractivity contribution < 1.29 is 23.1 Å². The fourth-order valence-electron chi connectivity index (χ4n) is 1.33. The van der Waals surface area contributed by atoms with Gasteiger partial charge in [0.2, 0.25) is 5.78 Å². The molecule has 0 unspecified atom stereocenters. The van der Waals surface area contributed by atoms with Gasteiger partial charge in [0.05, 0.1) is 12.8 Å². The predicted molar refractivity (Wildman–Crippen MR) is 80.6 cm³/mol. The third-order valence-corrected chi connectivity index (χ3v) is 2.36. The second kappa shape index (κ2) is 10.4. The van der Waals surface area contributed by atoms with Gasteiger partial charge in [-0.25, -0.2) is 13.6 Å². The second-order valence-electron chi connectivity index (χ2n) is 4.04. The first-order valence-electron chi connectivity index (χ1n) is 6.64. The predicted octanol–water partition coefficient (Wildman–Crippen LogP) is 2.71. The molecule has 0 aliphatic heterocycles. The summed E-state index contributed by atoms with van der Waals surface area (Å²) in [4.78, 5) is 22.9. The molecule has 0 bridgehead atoms. The average Bonchev–Trinajstić information content (AvgIpc) is 2.48. The Hall–Kier alpha value is -2.31. The number of ether oxygens (including phenoxy) is 1. The zero-order valence-corrected chi connectivity index (χ0v) is 13.0. The third kappa shape index (κ3) is 6.92. The Balaban J connectivity index is 5.29. The number of rotatable bonds is 8. The van der Waals surface area contributed by atoms with Gasteiger partial charge in [-0.05, 0) is 26.3 Å². The molecule has 0 aliphatic rings. The van der Waals surface area contributed by atoms with E-state index < -0.39 is 23.8 Å². The summed E-state index contributed by atoms with van der Waals surface area (Å²) in [5.41, 5.74) is 0.0326. The van der Waals surface area contributed by atoms with Crippen LogP contribution in [0.25, 0.3) is 0 Å². The number of esters is 1. The monoisotopic (exact) mass is 314 g/mol. The van der Waals surface area contributed by atoms with Crippen LogP contribution in [0.1, 0.15) is 20.8 Å². The van der Waals surface area contributed by atoms with Crippen LogP contribution >= 0.6 is 0 Å². The standard InChI is InChI=1S/C15H20F2N2O3/c1-5-8-11(6-2)9-18-19(4)10-12(13(20)14(16)17)15(21)22-7-3/h5-6,8-10,14H,7H2,1-4H3/b8-5-,11-6+,12-10-,18-9-. The van der Waals surface area contributed by atoms with Crippen LogP contribution in [0.4, 0.5) is 8.78 Å². The van der Waals surface area contributed by atoms with Crippen molar-refractivity contribution in [2.45, 2.75) is 27.2 Å². The van der Waals surface area contributed by atoms with E-state index in [0.717, 1.165) is 16.8 Å². The Morgan fingerprint density at radius 3 is 2.41 bits per heavy atom. The minimum atomic E-state index is -3.29. The molecular formula is C15H20F2N2O3. The highest BCUT2D eigenvalue weighted by Gasteiger charge is 2.27. The van der Waals surface area contributed by atoms with Gasteiger partial charge in [-0.1, -0.05) is 18.2 Å². The minimum Gasteiger partial charge on any atom is -0.462 e. The Morgan fingerprint density at radius 1 is 1.32 bits per heavy atom. The molecule has 0 fully saturated rings. The van der Waals surface area contributed by atoms with Crippen LogP contribution in [0.2, 0.25) is 0 Å².